The van der Waals surface area contributed by atoms with E-state index in [0.717, 1.165) is 12.4 Å². The lowest BCUT2D eigenvalue weighted by Crippen LogP contribution is -2.26. The van der Waals surface area contributed by atoms with Crippen LogP contribution in [-0.2, 0) is 0 Å². The summed E-state index contributed by atoms with van der Waals surface area (Å²) in [5.41, 5.74) is 0. The molecule has 0 spiro atoms. The highest BCUT2D eigenvalue weighted by atomic mass is 16.5. The summed E-state index contributed by atoms with van der Waals surface area (Å²) in [6.07, 6.45) is 0. The van der Waals surface area contributed by atoms with Crippen LogP contribution in [0.4, 0.5) is 0 Å². The van der Waals surface area contributed by atoms with Crippen LogP contribution < -0.4 is 5.32 Å². The van der Waals surface area contributed by atoms with Crippen LogP contribution in [-0.4, -0.2) is 28.9 Å². The van der Waals surface area contributed by atoms with Crippen molar-refractivity contribution in [2.75, 3.05) is 13.1 Å². The molecule has 0 saturated heterocycles. The minimum absolute atomic E-state index is 0.400. The highest BCUT2D eigenvalue weighted by Gasteiger charge is 2.22. The lowest BCUT2D eigenvalue weighted by atomic mass is 10.2. The molecule has 0 bridgehead atoms. The third-order valence-electron chi connectivity index (χ3n) is 1.45. The first-order valence-corrected chi connectivity index (χ1v) is 3.29. The van der Waals surface area contributed by atoms with E-state index in [0.29, 0.717) is 12.5 Å². The van der Waals surface area contributed by atoms with Gasteiger partial charge in [-0.15, -0.1) is 0 Å². The van der Waals surface area contributed by atoms with Crippen LogP contribution >= 0.6 is 0 Å². The summed E-state index contributed by atoms with van der Waals surface area (Å²) < 4.78 is 1.28. The Kier molecular flexibility index (Phi) is 1.60. The molecule has 1 aliphatic rings. The highest BCUT2D eigenvalue weighted by Crippen LogP contribution is 1.96. The van der Waals surface area contributed by atoms with E-state index in [1.807, 2.05) is 0 Å². The van der Waals surface area contributed by atoms with Gasteiger partial charge in [0.2, 0.25) is 0 Å². The fourth-order valence-corrected chi connectivity index (χ4v) is 1.00. The minimum Gasteiger partial charge on any atom is -0.355 e. The molecule has 0 aromatic heterocycles. The Morgan fingerprint density at radius 2 is 2.33 bits per heavy atom. The molecule has 0 radical (unpaired) electrons. The number of amidine groups is 1. The number of hydrogen-bond donors (Lipinski definition) is 2. The molecule has 2 N–H and O–H groups in total. The zero-order chi connectivity index (χ0) is 6.85. The van der Waals surface area contributed by atoms with Crippen molar-refractivity contribution >= 4 is 5.84 Å². The number of hydrogen-bond acceptors (Lipinski definition) is 2. The number of hydroxylamine groups is 1. The zero-order valence-corrected chi connectivity index (χ0v) is 5.89. The van der Waals surface area contributed by atoms with Gasteiger partial charge in [-0.05, 0) is 0 Å². The fraction of sp³-hybridized carbons (Fsp3) is 0.833. The highest BCUT2D eigenvalue weighted by molar-refractivity contribution is 5.79. The second-order valence-corrected chi connectivity index (χ2v) is 2.59. The minimum atomic E-state index is 0.400. The second-order valence-electron chi connectivity index (χ2n) is 2.59. The van der Waals surface area contributed by atoms with Crippen molar-refractivity contribution in [3.8, 4) is 0 Å². The summed E-state index contributed by atoms with van der Waals surface area (Å²) in [6.45, 7) is 5.69. The SMILES string of the molecule is CC(C)C1=[N+](O)CCN1. The van der Waals surface area contributed by atoms with Gasteiger partial charge in [0.1, 0.15) is 6.54 Å². The number of nitrogens with one attached hydrogen (secondary N) is 1. The monoisotopic (exact) mass is 129 g/mol. The first kappa shape index (κ1) is 6.39. The van der Waals surface area contributed by atoms with Crippen molar-refractivity contribution in [3.63, 3.8) is 0 Å². The standard InChI is InChI=1S/C6H12N2O/c1-5(2)6-7-3-4-8(6)9/h5,9H,3-4H2,1-2H3/p+1. The van der Waals surface area contributed by atoms with Crippen LogP contribution in [0.2, 0.25) is 0 Å². The Morgan fingerprint density at radius 3 is 2.56 bits per heavy atom. The normalized spacial score (nSPS) is 19.0. The van der Waals surface area contributed by atoms with Crippen molar-refractivity contribution in [2.45, 2.75) is 13.8 Å². The number of rotatable bonds is 1. The Hall–Kier alpha value is -0.730. The molecule has 1 rings (SSSR count). The molecular formula is C6H13N2O+. The van der Waals surface area contributed by atoms with Crippen LogP contribution in [0.15, 0.2) is 0 Å². The fourth-order valence-electron chi connectivity index (χ4n) is 1.00. The smallest absolute Gasteiger partial charge is 0.286 e. The van der Waals surface area contributed by atoms with Crippen molar-refractivity contribution in [1.82, 2.24) is 5.32 Å². The van der Waals surface area contributed by atoms with Crippen LogP contribution in [0.25, 0.3) is 0 Å². The average molecular weight is 129 g/mol. The average Bonchev–Trinajstić information content (AvgIpc) is 2.13. The van der Waals surface area contributed by atoms with Crippen molar-refractivity contribution in [3.05, 3.63) is 0 Å². The van der Waals surface area contributed by atoms with Crippen molar-refractivity contribution < 1.29 is 9.95 Å². The van der Waals surface area contributed by atoms with Crippen molar-refractivity contribution in [2.24, 2.45) is 5.92 Å². The lowest BCUT2D eigenvalue weighted by Gasteiger charge is -1.97. The molecule has 9 heavy (non-hydrogen) atoms. The molecule has 3 nitrogen and oxygen atoms in total. The molecule has 3 heteroatoms. The van der Waals surface area contributed by atoms with Gasteiger partial charge >= 0.3 is 0 Å². The molecule has 52 valence electrons. The van der Waals surface area contributed by atoms with Crippen LogP contribution in [0, 0.1) is 5.92 Å². The van der Waals surface area contributed by atoms with Gasteiger partial charge in [0, 0.05) is 0 Å². The van der Waals surface area contributed by atoms with Gasteiger partial charge < -0.3 is 5.21 Å². The Morgan fingerprint density at radius 1 is 1.67 bits per heavy atom. The van der Waals surface area contributed by atoms with Crippen LogP contribution in [0.3, 0.4) is 0 Å². The lowest BCUT2D eigenvalue weighted by molar-refractivity contribution is -0.769. The summed E-state index contributed by atoms with van der Waals surface area (Å²) in [4.78, 5) is 0. The summed E-state index contributed by atoms with van der Waals surface area (Å²) in [5.74, 6) is 1.34. The van der Waals surface area contributed by atoms with Crippen LogP contribution in [0.5, 0.6) is 0 Å². The van der Waals surface area contributed by atoms with E-state index in [1.165, 1.54) is 4.74 Å². The van der Waals surface area contributed by atoms with E-state index in [1.54, 1.807) is 0 Å². The Labute approximate surface area is 55.0 Å². The molecular weight excluding hydrogens is 116 g/mol. The Balaban J connectivity index is 2.66. The molecule has 0 aliphatic carbocycles. The maximum absolute atomic E-state index is 9.09. The second kappa shape index (κ2) is 2.25. The van der Waals surface area contributed by atoms with E-state index in [2.05, 4.69) is 19.2 Å². The molecule has 1 aliphatic heterocycles. The molecule has 0 fully saturated rings. The molecule has 1 heterocycles. The summed E-state index contributed by atoms with van der Waals surface area (Å²) in [5, 5.41) is 12.2. The van der Waals surface area contributed by atoms with Gasteiger partial charge in [0.15, 0.2) is 6.54 Å². The summed E-state index contributed by atoms with van der Waals surface area (Å²) >= 11 is 0. The van der Waals surface area contributed by atoms with Gasteiger partial charge in [0.05, 0.1) is 5.92 Å². The van der Waals surface area contributed by atoms with Gasteiger partial charge in [-0.25, -0.2) is 0 Å². The molecule has 0 unspecified atom stereocenters. The van der Waals surface area contributed by atoms with Gasteiger partial charge in [-0.3, -0.25) is 5.32 Å². The van der Waals surface area contributed by atoms with Gasteiger partial charge in [-0.2, -0.15) is 0 Å². The molecule has 0 aromatic carbocycles. The Bertz CT molecular complexity index is 140. The third-order valence-corrected chi connectivity index (χ3v) is 1.45. The molecule has 0 amide bonds. The zero-order valence-electron chi connectivity index (χ0n) is 5.89. The number of nitrogens with zero attached hydrogens (tertiary/aromatic N) is 1. The summed E-state index contributed by atoms with van der Waals surface area (Å²) in [7, 11) is 0. The molecule has 0 atom stereocenters. The van der Waals surface area contributed by atoms with Crippen LogP contribution in [0.1, 0.15) is 13.8 Å². The largest absolute Gasteiger partial charge is 0.355 e. The third kappa shape index (κ3) is 1.15. The predicted octanol–water partition coefficient (Wildman–Crippen LogP) is 0.0458. The van der Waals surface area contributed by atoms with E-state index >= 15 is 0 Å². The first-order valence-electron chi connectivity index (χ1n) is 3.29. The van der Waals surface area contributed by atoms with E-state index in [9.17, 15) is 0 Å². The predicted molar refractivity (Wildman–Crippen MR) is 34.8 cm³/mol. The van der Waals surface area contributed by atoms with Gasteiger partial charge in [0.25, 0.3) is 5.84 Å². The topological polar surface area (TPSA) is 35.3 Å². The maximum Gasteiger partial charge on any atom is 0.286 e. The van der Waals surface area contributed by atoms with Crippen molar-refractivity contribution in [1.29, 1.82) is 0 Å². The first-order chi connectivity index (χ1) is 4.22. The van der Waals surface area contributed by atoms with Gasteiger partial charge in [-0.1, -0.05) is 18.6 Å². The van der Waals surface area contributed by atoms with E-state index in [-0.39, 0.29) is 0 Å². The molecule has 0 saturated carbocycles. The maximum atomic E-state index is 9.09. The quantitative estimate of drug-likeness (QED) is 0.387. The molecule has 0 aromatic rings. The van der Waals surface area contributed by atoms with E-state index < -0.39 is 0 Å². The van der Waals surface area contributed by atoms with E-state index in [4.69, 9.17) is 5.21 Å². The summed E-state index contributed by atoms with van der Waals surface area (Å²) in [6, 6.07) is 0.